The molecule has 1 aliphatic carbocycles. The molecule has 32 heavy (non-hydrogen) atoms. The molecule has 0 radical (unpaired) electrons. The molecular formula is C25H31ClO6. The first-order valence-corrected chi connectivity index (χ1v) is 11.7. The van der Waals surface area contributed by atoms with Gasteiger partial charge in [0, 0.05) is 5.02 Å². The van der Waals surface area contributed by atoms with Crippen molar-refractivity contribution in [3.05, 3.63) is 64.2 Å². The van der Waals surface area contributed by atoms with Crippen molar-refractivity contribution in [2.24, 2.45) is 0 Å². The van der Waals surface area contributed by atoms with Crippen molar-refractivity contribution in [3.63, 3.8) is 0 Å². The number of ether oxygens (including phenoxy) is 2. The maximum atomic E-state index is 10.4. The molecule has 1 saturated carbocycles. The Labute approximate surface area is 193 Å². The molecule has 2 aromatic carbocycles. The molecule has 1 heterocycles. The van der Waals surface area contributed by atoms with E-state index in [9.17, 15) is 20.4 Å². The van der Waals surface area contributed by atoms with Gasteiger partial charge in [0.25, 0.3) is 0 Å². The lowest BCUT2D eigenvalue weighted by atomic mass is 9.90. The SMILES string of the molecule is OCC1OC(c2ccc(Cl)c(Cc3ccc(OC4CCCCC4)cc3)c2)C(O)C(O)C1O. The van der Waals surface area contributed by atoms with E-state index >= 15 is 0 Å². The van der Waals surface area contributed by atoms with Crippen LogP contribution in [0.2, 0.25) is 5.02 Å². The molecule has 0 spiro atoms. The van der Waals surface area contributed by atoms with Crippen LogP contribution in [0.4, 0.5) is 0 Å². The van der Waals surface area contributed by atoms with Gasteiger partial charge in [-0.3, -0.25) is 0 Å². The molecule has 2 aliphatic rings. The highest BCUT2D eigenvalue weighted by molar-refractivity contribution is 6.31. The summed E-state index contributed by atoms with van der Waals surface area (Å²) in [6.45, 7) is -0.461. The lowest BCUT2D eigenvalue weighted by Gasteiger charge is -2.40. The molecule has 4 N–H and O–H groups in total. The first-order valence-electron chi connectivity index (χ1n) is 11.3. The summed E-state index contributed by atoms with van der Waals surface area (Å²) in [4.78, 5) is 0. The van der Waals surface area contributed by atoms with Crippen LogP contribution in [0.15, 0.2) is 42.5 Å². The molecule has 4 rings (SSSR count). The Balaban J connectivity index is 1.47. The van der Waals surface area contributed by atoms with Crippen LogP contribution in [0.25, 0.3) is 0 Å². The van der Waals surface area contributed by atoms with Crippen LogP contribution in [0.5, 0.6) is 5.75 Å². The molecule has 1 aliphatic heterocycles. The number of aliphatic hydroxyl groups is 4. The predicted molar refractivity (Wildman–Crippen MR) is 121 cm³/mol. The molecule has 2 fully saturated rings. The Hall–Kier alpha value is -1.67. The molecule has 0 aromatic heterocycles. The zero-order valence-corrected chi connectivity index (χ0v) is 18.7. The third kappa shape index (κ3) is 5.28. The van der Waals surface area contributed by atoms with Gasteiger partial charge in [0.2, 0.25) is 0 Å². The number of hydrogen-bond donors (Lipinski definition) is 4. The van der Waals surface area contributed by atoms with Gasteiger partial charge in [-0.1, -0.05) is 42.3 Å². The molecule has 5 atom stereocenters. The molecule has 0 amide bonds. The van der Waals surface area contributed by atoms with E-state index in [4.69, 9.17) is 21.1 Å². The Morgan fingerprint density at radius 2 is 1.62 bits per heavy atom. The van der Waals surface area contributed by atoms with Gasteiger partial charge in [0.15, 0.2) is 0 Å². The minimum Gasteiger partial charge on any atom is -0.490 e. The van der Waals surface area contributed by atoms with E-state index < -0.39 is 37.1 Å². The predicted octanol–water partition coefficient (Wildman–Crippen LogP) is 3.16. The van der Waals surface area contributed by atoms with Crippen LogP contribution in [-0.4, -0.2) is 57.6 Å². The molecule has 7 heteroatoms. The number of hydrogen-bond acceptors (Lipinski definition) is 6. The van der Waals surface area contributed by atoms with Gasteiger partial charge in [0.05, 0.1) is 12.7 Å². The molecule has 1 saturated heterocycles. The molecule has 5 unspecified atom stereocenters. The fraction of sp³-hybridized carbons (Fsp3) is 0.520. The molecule has 2 aromatic rings. The van der Waals surface area contributed by atoms with E-state index in [1.54, 1.807) is 12.1 Å². The zero-order valence-electron chi connectivity index (χ0n) is 17.9. The topological polar surface area (TPSA) is 99.4 Å². The second-order valence-corrected chi connectivity index (χ2v) is 9.21. The summed E-state index contributed by atoms with van der Waals surface area (Å²) < 4.78 is 11.8. The fourth-order valence-corrected chi connectivity index (χ4v) is 4.75. The molecular weight excluding hydrogens is 432 g/mol. The summed E-state index contributed by atoms with van der Waals surface area (Å²) in [5.74, 6) is 0.877. The van der Waals surface area contributed by atoms with Crippen LogP contribution in [-0.2, 0) is 11.2 Å². The number of rotatable bonds is 6. The third-order valence-electron chi connectivity index (χ3n) is 6.46. The van der Waals surface area contributed by atoms with Gasteiger partial charge in [-0.15, -0.1) is 0 Å². The smallest absolute Gasteiger partial charge is 0.119 e. The number of aliphatic hydroxyl groups excluding tert-OH is 4. The van der Waals surface area contributed by atoms with Crippen molar-refractivity contribution < 1.29 is 29.9 Å². The standard InChI is InChI=1S/C25H31ClO6/c26-20-11-8-16(25-24(30)23(29)22(28)21(14-27)32-25)13-17(20)12-15-6-9-19(10-7-15)31-18-4-2-1-3-5-18/h6-11,13,18,21-25,27-30H,1-5,12,14H2. The van der Waals surface area contributed by atoms with Crippen LogP contribution in [0.1, 0.15) is 54.9 Å². The quantitative estimate of drug-likeness (QED) is 0.526. The van der Waals surface area contributed by atoms with E-state index in [2.05, 4.69) is 0 Å². The van der Waals surface area contributed by atoms with Gasteiger partial charge in [-0.25, -0.2) is 0 Å². The van der Waals surface area contributed by atoms with Crippen molar-refractivity contribution in [2.75, 3.05) is 6.61 Å². The number of benzene rings is 2. The lowest BCUT2D eigenvalue weighted by molar-refractivity contribution is -0.231. The monoisotopic (exact) mass is 462 g/mol. The average Bonchev–Trinajstić information content (AvgIpc) is 2.81. The van der Waals surface area contributed by atoms with Gasteiger partial charge in [0.1, 0.15) is 36.3 Å². The lowest BCUT2D eigenvalue weighted by Crippen LogP contribution is -2.55. The van der Waals surface area contributed by atoms with Crippen molar-refractivity contribution in [1.29, 1.82) is 0 Å². The maximum absolute atomic E-state index is 10.4. The Kier molecular flexibility index (Phi) is 7.71. The van der Waals surface area contributed by atoms with Crippen molar-refractivity contribution in [2.45, 2.75) is 75.1 Å². The van der Waals surface area contributed by atoms with E-state index in [1.165, 1.54) is 19.3 Å². The largest absolute Gasteiger partial charge is 0.490 e. The van der Waals surface area contributed by atoms with E-state index in [-0.39, 0.29) is 0 Å². The van der Waals surface area contributed by atoms with E-state index in [0.717, 1.165) is 29.7 Å². The Bertz CT molecular complexity index is 881. The maximum Gasteiger partial charge on any atom is 0.119 e. The fourth-order valence-electron chi connectivity index (χ4n) is 4.57. The van der Waals surface area contributed by atoms with Gasteiger partial charge in [-0.2, -0.15) is 0 Å². The van der Waals surface area contributed by atoms with E-state index in [1.807, 2.05) is 30.3 Å². The van der Waals surface area contributed by atoms with Gasteiger partial charge >= 0.3 is 0 Å². The second-order valence-electron chi connectivity index (χ2n) is 8.80. The normalized spacial score (nSPS) is 29.1. The summed E-state index contributed by atoms with van der Waals surface area (Å²) in [6.07, 6.45) is 0.908. The highest BCUT2D eigenvalue weighted by atomic mass is 35.5. The molecule has 0 bridgehead atoms. The Morgan fingerprint density at radius 1 is 0.906 bits per heavy atom. The zero-order chi connectivity index (χ0) is 22.7. The van der Waals surface area contributed by atoms with Crippen LogP contribution < -0.4 is 4.74 Å². The second kappa shape index (κ2) is 10.5. The highest BCUT2D eigenvalue weighted by Crippen LogP contribution is 2.34. The van der Waals surface area contributed by atoms with Crippen LogP contribution >= 0.6 is 11.6 Å². The van der Waals surface area contributed by atoms with Crippen molar-refractivity contribution in [3.8, 4) is 5.75 Å². The van der Waals surface area contributed by atoms with Crippen LogP contribution in [0.3, 0.4) is 0 Å². The third-order valence-corrected chi connectivity index (χ3v) is 6.83. The Morgan fingerprint density at radius 3 is 2.31 bits per heavy atom. The highest BCUT2D eigenvalue weighted by Gasteiger charge is 2.44. The minimum absolute atomic E-state index is 0.305. The minimum atomic E-state index is -1.42. The van der Waals surface area contributed by atoms with Crippen molar-refractivity contribution in [1.82, 2.24) is 0 Å². The summed E-state index contributed by atoms with van der Waals surface area (Å²) in [5, 5.41) is 40.6. The summed E-state index contributed by atoms with van der Waals surface area (Å²) in [6, 6.07) is 13.3. The molecule has 6 nitrogen and oxygen atoms in total. The number of halogens is 1. The average molecular weight is 463 g/mol. The molecule has 174 valence electrons. The summed E-state index contributed by atoms with van der Waals surface area (Å²) >= 11 is 6.43. The summed E-state index contributed by atoms with van der Waals surface area (Å²) in [7, 11) is 0. The first kappa shape index (κ1) is 23.5. The van der Waals surface area contributed by atoms with E-state index in [0.29, 0.717) is 23.1 Å². The van der Waals surface area contributed by atoms with Crippen LogP contribution in [0, 0.1) is 0 Å². The van der Waals surface area contributed by atoms with Crippen molar-refractivity contribution >= 4 is 11.6 Å². The van der Waals surface area contributed by atoms with Gasteiger partial charge < -0.3 is 29.9 Å². The van der Waals surface area contributed by atoms with Gasteiger partial charge in [-0.05, 0) is 67.0 Å². The summed E-state index contributed by atoms with van der Waals surface area (Å²) in [5.41, 5.74) is 2.54. The first-order chi connectivity index (χ1) is 15.5.